The molecule has 1 fully saturated rings. The molecule has 3 heterocycles. The molecule has 1 aliphatic rings. The molecule has 2 aromatic heterocycles. The molecule has 1 aliphatic heterocycles. The van der Waals surface area contributed by atoms with Crippen LogP contribution in [0.25, 0.3) is 0 Å². The summed E-state index contributed by atoms with van der Waals surface area (Å²) in [6.07, 6.45) is 9.04. The molecule has 1 amide bonds. The first kappa shape index (κ1) is 18.3. The minimum Gasteiger partial charge on any atom is -0.336 e. The number of aromatic nitrogens is 4. The highest BCUT2D eigenvalue weighted by Gasteiger charge is 2.29. The molecule has 1 saturated heterocycles. The molecule has 1 atom stereocenters. The number of pyridine rings is 1. The van der Waals surface area contributed by atoms with E-state index in [0.29, 0.717) is 5.56 Å². The Morgan fingerprint density at radius 1 is 1.21 bits per heavy atom. The van der Waals surface area contributed by atoms with Crippen LogP contribution in [0.2, 0.25) is 0 Å². The number of hydrogen-bond acceptors (Lipinski definition) is 4. The lowest BCUT2D eigenvalue weighted by Gasteiger charge is -2.24. The lowest BCUT2D eigenvalue weighted by atomic mass is 10.1. The summed E-state index contributed by atoms with van der Waals surface area (Å²) in [5.41, 5.74) is 2.92. The van der Waals surface area contributed by atoms with Gasteiger partial charge in [-0.25, -0.2) is 0 Å². The summed E-state index contributed by atoms with van der Waals surface area (Å²) < 4.78 is 2.10. The Labute approximate surface area is 165 Å². The van der Waals surface area contributed by atoms with Crippen LogP contribution >= 0.6 is 0 Å². The lowest BCUT2D eigenvalue weighted by molar-refractivity contribution is 0.0729. The highest BCUT2D eigenvalue weighted by atomic mass is 16.2. The normalized spacial score (nSPS) is 16.5. The van der Waals surface area contributed by atoms with Gasteiger partial charge in [-0.1, -0.05) is 30.3 Å². The number of carbonyl (C=O) groups is 1. The predicted octanol–water partition coefficient (Wildman–Crippen LogP) is 3.27. The van der Waals surface area contributed by atoms with E-state index in [1.165, 1.54) is 5.56 Å². The summed E-state index contributed by atoms with van der Waals surface area (Å²) in [7, 11) is 0. The third-order valence-electron chi connectivity index (χ3n) is 5.35. The number of aryl methyl sites for hydroxylation is 2. The molecule has 28 heavy (non-hydrogen) atoms. The Morgan fingerprint density at radius 2 is 2.07 bits per heavy atom. The maximum absolute atomic E-state index is 12.9. The summed E-state index contributed by atoms with van der Waals surface area (Å²) in [6.45, 7) is 3.55. The molecule has 6 heteroatoms. The van der Waals surface area contributed by atoms with Gasteiger partial charge in [-0.2, -0.15) is 0 Å². The zero-order valence-corrected chi connectivity index (χ0v) is 16.2. The van der Waals surface area contributed by atoms with Crippen LogP contribution in [-0.4, -0.2) is 43.1 Å². The second kappa shape index (κ2) is 8.33. The van der Waals surface area contributed by atoms with Gasteiger partial charge in [0.05, 0.1) is 12.1 Å². The van der Waals surface area contributed by atoms with Gasteiger partial charge in [0, 0.05) is 31.4 Å². The van der Waals surface area contributed by atoms with Crippen LogP contribution in [0.3, 0.4) is 0 Å². The van der Waals surface area contributed by atoms with Gasteiger partial charge in [0.1, 0.15) is 12.2 Å². The van der Waals surface area contributed by atoms with Crippen molar-refractivity contribution in [2.24, 2.45) is 0 Å². The molecule has 6 nitrogen and oxygen atoms in total. The van der Waals surface area contributed by atoms with Crippen LogP contribution in [0.1, 0.15) is 46.6 Å². The van der Waals surface area contributed by atoms with Gasteiger partial charge in [0.25, 0.3) is 5.91 Å². The van der Waals surface area contributed by atoms with E-state index in [1.54, 1.807) is 18.7 Å². The molecule has 0 N–H and O–H groups in total. The second-order valence-corrected chi connectivity index (χ2v) is 7.44. The van der Waals surface area contributed by atoms with Crippen LogP contribution in [0.15, 0.2) is 55.1 Å². The third kappa shape index (κ3) is 4.11. The Balaban J connectivity index is 1.41. The first-order chi connectivity index (χ1) is 13.7. The standard InChI is InChI=1S/C22H25N5O/c1-17-12-19(14-23-13-17)22(28)27-11-5-8-20(27)9-10-21-25-24-16-26(21)15-18-6-3-2-4-7-18/h2-4,6-7,12-14,16,20H,5,8-11,15H2,1H3. The van der Waals surface area contributed by atoms with Gasteiger partial charge in [0.15, 0.2) is 0 Å². The third-order valence-corrected chi connectivity index (χ3v) is 5.35. The minimum absolute atomic E-state index is 0.0875. The average molecular weight is 375 g/mol. The van der Waals surface area contributed by atoms with Crippen LogP contribution in [-0.2, 0) is 13.0 Å². The topological polar surface area (TPSA) is 63.9 Å². The molecule has 0 aliphatic carbocycles. The van der Waals surface area contributed by atoms with Gasteiger partial charge in [-0.05, 0) is 43.4 Å². The fourth-order valence-electron chi connectivity index (χ4n) is 3.92. The SMILES string of the molecule is Cc1cncc(C(=O)N2CCCC2CCc2nncn2Cc2ccccc2)c1. The maximum atomic E-state index is 12.9. The zero-order valence-electron chi connectivity index (χ0n) is 16.2. The molecule has 4 rings (SSSR count). The molecule has 0 bridgehead atoms. The highest BCUT2D eigenvalue weighted by molar-refractivity contribution is 5.94. The van der Waals surface area contributed by atoms with Crippen molar-refractivity contribution in [3.63, 3.8) is 0 Å². The molecule has 3 aromatic rings. The van der Waals surface area contributed by atoms with E-state index in [1.807, 2.05) is 36.1 Å². The number of carbonyl (C=O) groups excluding carboxylic acids is 1. The minimum atomic E-state index is 0.0875. The van der Waals surface area contributed by atoms with Crippen LogP contribution in [0, 0.1) is 6.92 Å². The van der Waals surface area contributed by atoms with E-state index in [0.717, 1.165) is 50.2 Å². The fourth-order valence-corrected chi connectivity index (χ4v) is 3.92. The summed E-state index contributed by atoms with van der Waals surface area (Å²) >= 11 is 0. The number of nitrogens with zero attached hydrogens (tertiary/aromatic N) is 5. The molecule has 1 unspecified atom stereocenters. The highest BCUT2D eigenvalue weighted by Crippen LogP contribution is 2.24. The molecule has 1 aromatic carbocycles. The van der Waals surface area contributed by atoms with Crippen LogP contribution < -0.4 is 0 Å². The summed E-state index contributed by atoms with van der Waals surface area (Å²) in [6, 6.07) is 12.5. The van der Waals surface area contributed by atoms with E-state index >= 15 is 0 Å². The monoisotopic (exact) mass is 375 g/mol. The second-order valence-electron chi connectivity index (χ2n) is 7.44. The predicted molar refractivity (Wildman–Crippen MR) is 107 cm³/mol. The number of rotatable bonds is 6. The van der Waals surface area contributed by atoms with E-state index in [9.17, 15) is 4.79 Å². The number of likely N-dealkylation sites (tertiary alicyclic amines) is 1. The molecular weight excluding hydrogens is 350 g/mol. The summed E-state index contributed by atoms with van der Waals surface area (Å²) in [5, 5.41) is 8.41. The Hall–Kier alpha value is -3.02. The summed E-state index contributed by atoms with van der Waals surface area (Å²) in [4.78, 5) is 19.1. The molecule has 0 radical (unpaired) electrons. The van der Waals surface area contributed by atoms with Gasteiger partial charge in [-0.3, -0.25) is 9.78 Å². The van der Waals surface area contributed by atoms with Gasteiger partial charge < -0.3 is 9.47 Å². The van der Waals surface area contributed by atoms with Gasteiger partial charge in [-0.15, -0.1) is 10.2 Å². The van der Waals surface area contributed by atoms with Crippen molar-refractivity contribution in [1.82, 2.24) is 24.6 Å². The average Bonchev–Trinajstić information content (AvgIpc) is 3.36. The molecule has 0 saturated carbocycles. The Kier molecular flexibility index (Phi) is 5.46. The quantitative estimate of drug-likeness (QED) is 0.663. The van der Waals surface area contributed by atoms with Gasteiger partial charge >= 0.3 is 0 Å². The number of amides is 1. The van der Waals surface area contributed by atoms with E-state index in [4.69, 9.17) is 0 Å². The van der Waals surface area contributed by atoms with Gasteiger partial charge in [0.2, 0.25) is 0 Å². The molecule has 144 valence electrons. The van der Waals surface area contributed by atoms with Crippen LogP contribution in [0.4, 0.5) is 0 Å². The van der Waals surface area contributed by atoms with Crippen molar-refractivity contribution in [2.45, 2.75) is 45.2 Å². The van der Waals surface area contributed by atoms with E-state index in [2.05, 4.69) is 31.9 Å². The summed E-state index contributed by atoms with van der Waals surface area (Å²) in [5.74, 6) is 1.06. The van der Waals surface area contributed by atoms with Crippen molar-refractivity contribution in [3.05, 3.63) is 77.6 Å². The fraction of sp³-hybridized carbons (Fsp3) is 0.364. The van der Waals surface area contributed by atoms with Crippen molar-refractivity contribution in [3.8, 4) is 0 Å². The zero-order chi connectivity index (χ0) is 19.3. The van der Waals surface area contributed by atoms with Crippen molar-refractivity contribution < 1.29 is 4.79 Å². The largest absolute Gasteiger partial charge is 0.336 e. The number of benzene rings is 1. The van der Waals surface area contributed by atoms with Crippen molar-refractivity contribution in [1.29, 1.82) is 0 Å². The Bertz CT molecular complexity index is 937. The smallest absolute Gasteiger partial charge is 0.255 e. The number of hydrogen-bond donors (Lipinski definition) is 0. The maximum Gasteiger partial charge on any atom is 0.255 e. The van der Waals surface area contributed by atoms with Crippen molar-refractivity contribution in [2.75, 3.05) is 6.54 Å². The lowest BCUT2D eigenvalue weighted by Crippen LogP contribution is -2.36. The molecule has 0 spiro atoms. The first-order valence-corrected chi connectivity index (χ1v) is 9.84. The van der Waals surface area contributed by atoms with E-state index in [-0.39, 0.29) is 11.9 Å². The van der Waals surface area contributed by atoms with Crippen molar-refractivity contribution >= 4 is 5.91 Å². The first-order valence-electron chi connectivity index (χ1n) is 9.84. The van der Waals surface area contributed by atoms with Crippen LogP contribution in [0.5, 0.6) is 0 Å². The van der Waals surface area contributed by atoms with E-state index < -0.39 is 0 Å². The molecular formula is C22H25N5O. The Morgan fingerprint density at radius 3 is 2.89 bits per heavy atom.